The molecule has 6 nitrogen and oxygen atoms in total. The first-order valence-electron chi connectivity index (χ1n) is 8.11. The van der Waals surface area contributed by atoms with Crippen molar-refractivity contribution in [2.75, 3.05) is 11.4 Å². The molecule has 1 fully saturated rings. The zero-order chi connectivity index (χ0) is 17.8. The molecular weight excluding hydrogens is 338 g/mol. The minimum absolute atomic E-state index is 0.0889. The minimum atomic E-state index is -0.484. The number of hydrazine groups is 1. The number of aryl methyl sites for hydroxylation is 1. The van der Waals surface area contributed by atoms with Crippen molar-refractivity contribution in [3.8, 4) is 0 Å². The summed E-state index contributed by atoms with van der Waals surface area (Å²) in [4.78, 5) is 38.4. The quantitative estimate of drug-likeness (QED) is 0.823. The standard InChI is InChI=1S/C18H19N3O3S/c1-2-12-5-7-14(8-6-12)21-11-13(10-16(21)22)17(23)19-20-18(24)15-4-3-9-25-15/h3-9,13H,2,10-11H2,1H3,(H,19,23)(H,20,24)/t13-/m0/s1. The van der Waals surface area contributed by atoms with Crippen LogP contribution in [0.1, 0.15) is 28.6 Å². The Labute approximate surface area is 149 Å². The van der Waals surface area contributed by atoms with Crippen LogP contribution in [-0.4, -0.2) is 24.3 Å². The third-order valence-electron chi connectivity index (χ3n) is 4.20. The number of anilines is 1. The highest BCUT2D eigenvalue weighted by Crippen LogP contribution is 2.25. The van der Waals surface area contributed by atoms with Crippen molar-refractivity contribution in [1.29, 1.82) is 0 Å². The lowest BCUT2D eigenvalue weighted by molar-refractivity contribution is -0.126. The van der Waals surface area contributed by atoms with Gasteiger partial charge in [0.1, 0.15) is 0 Å². The van der Waals surface area contributed by atoms with Crippen LogP contribution < -0.4 is 15.8 Å². The Morgan fingerprint density at radius 2 is 1.96 bits per heavy atom. The van der Waals surface area contributed by atoms with Gasteiger partial charge in [-0.2, -0.15) is 0 Å². The maximum absolute atomic E-state index is 12.2. The number of nitrogens with one attached hydrogen (secondary N) is 2. The van der Waals surface area contributed by atoms with E-state index in [4.69, 9.17) is 0 Å². The van der Waals surface area contributed by atoms with Gasteiger partial charge in [-0.1, -0.05) is 25.1 Å². The summed E-state index contributed by atoms with van der Waals surface area (Å²) in [6, 6.07) is 11.2. The third kappa shape index (κ3) is 3.88. The molecule has 3 amide bonds. The summed E-state index contributed by atoms with van der Waals surface area (Å²) in [6.45, 7) is 2.38. The second-order valence-electron chi connectivity index (χ2n) is 5.85. The van der Waals surface area contributed by atoms with E-state index in [1.165, 1.54) is 16.9 Å². The van der Waals surface area contributed by atoms with E-state index in [9.17, 15) is 14.4 Å². The van der Waals surface area contributed by atoms with Crippen LogP contribution in [0.25, 0.3) is 0 Å². The SMILES string of the molecule is CCc1ccc(N2C[C@@H](C(=O)NNC(=O)c3cccs3)CC2=O)cc1. The Kier molecular flexibility index (Phi) is 5.14. The highest BCUT2D eigenvalue weighted by Gasteiger charge is 2.35. The van der Waals surface area contributed by atoms with Crippen LogP contribution in [0.2, 0.25) is 0 Å². The molecule has 7 heteroatoms. The van der Waals surface area contributed by atoms with Crippen LogP contribution in [-0.2, 0) is 16.0 Å². The summed E-state index contributed by atoms with van der Waals surface area (Å²) >= 11 is 1.29. The van der Waals surface area contributed by atoms with Crippen molar-refractivity contribution in [1.82, 2.24) is 10.9 Å². The van der Waals surface area contributed by atoms with Gasteiger partial charge in [0.15, 0.2) is 0 Å². The molecule has 1 aromatic carbocycles. The molecule has 1 atom stereocenters. The second-order valence-corrected chi connectivity index (χ2v) is 6.79. The molecule has 0 aliphatic carbocycles. The second kappa shape index (κ2) is 7.48. The fraction of sp³-hybridized carbons (Fsp3) is 0.278. The molecule has 130 valence electrons. The van der Waals surface area contributed by atoms with E-state index in [2.05, 4.69) is 17.8 Å². The first kappa shape index (κ1) is 17.2. The maximum Gasteiger partial charge on any atom is 0.279 e. The molecule has 2 N–H and O–H groups in total. The van der Waals surface area contributed by atoms with Gasteiger partial charge < -0.3 is 4.90 Å². The fourth-order valence-corrected chi connectivity index (χ4v) is 3.35. The zero-order valence-electron chi connectivity index (χ0n) is 13.8. The van der Waals surface area contributed by atoms with Crippen LogP contribution in [0.3, 0.4) is 0 Å². The van der Waals surface area contributed by atoms with E-state index in [0.29, 0.717) is 11.4 Å². The average Bonchev–Trinajstić information content (AvgIpc) is 3.29. The fourth-order valence-electron chi connectivity index (χ4n) is 2.73. The smallest absolute Gasteiger partial charge is 0.279 e. The Morgan fingerprint density at radius 3 is 2.60 bits per heavy atom. The molecule has 0 radical (unpaired) electrons. The summed E-state index contributed by atoms with van der Waals surface area (Å²) in [5, 5.41) is 1.79. The van der Waals surface area contributed by atoms with Crippen molar-refractivity contribution in [3.63, 3.8) is 0 Å². The number of amides is 3. The monoisotopic (exact) mass is 357 g/mol. The molecule has 1 aliphatic rings. The molecule has 1 aliphatic heterocycles. The Hall–Kier alpha value is -2.67. The van der Waals surface area contributed by atoms with Crippen LogP contribution in [0.4, 0.5) is 5.69 Å². The minimum Gasteiger partial charge on any atom is -0.312 e. The zero-order valence-corrected chi connectivity index (χ0v) is 14.6. The highest BCUT2D eigenvalue weighted by atomic mass is 32.1. The average molecular weight is 357 g/mol. The van der Waals surface area contributed by atoms with Crippen molar-refractivity contribution >= 4 is 34.7 Å². The summed E-state index contributed by atoms with van der Waals surface area (Å²) in [5.41, 5.74) is 6.79. The number of rotatable bonds is 4. The maximum atomic E-state index is 12.2. The predicted molar refractivity (Wildman–Crippen MR) is 96.2 cm³/mol. The van der Waals surface area contributed by atoms with Crippen molar-refractivity contribution < 1.29 is 14.4 Å². The lowest BCUT2D eigenvalue weighted by atomic mass is 10.1. The number of thiophene rings is 1. The molecule has 0 unspecified atom stereocenters. The number of carbonyl (C=O) groups excluding carboxylic acids is 3. The van der Waals surface area contributed by atoms with E-state index < -0.39 is 5.92 Å². The molecule has 0 bridgehead atoms. The van der Waals surface area contributed by atoms with Gasteiger partial charge in [-0.25, -0.2) is 0 Å². The van der Waals surface area contributed by atoms with E-state index >= 15 is 0 Å². The van der Waals surface area contributed by atoms with Crippen LogP contribution >= 0.6 is 11.3 Å². The number of carbonyl (C=O) groups is 3. The molecular formula is C18H19N3O3S. The summed E-state index contributed by atoms with van der Waals surface area (Å²) < 4.78 is 0. The molecule has 3 rings (SSSR count). The number of hydrogen-bond acceptors (Lipinski definition) is 4. The first-order valence-corrected chi connectivity index (χ1v) is 8.99. The largest absolute Gasteiger partial charge is 0.312 e. The summed E-state index contributed by atoms with van der Waals surface area (Å²) in [6.07, 6.45) is 1.07. The van der Waals surface area contributed by atoms with Gasteiger partial charge >= 0.3 is 0 Å². The molecule has 0 saturated carbocycles. The third-order valence-corrected chi connectivity index (χ3v) is 5.06. The van der Waals surface area contributed by atoms with Gasteiger partial charge in [-0.3, -0.25) is 25.2 Å². The Balaban J connectivity index is 1.57. The number of benzene rings is 1. The van der Waals surface area contributed by atoms with Crippen molar-refractivity contribution in [2.45, 2.75) is 19.8 Å². The lowest BCUT2D eigenvalue weighted by Crippen LogP contribution is -2.44. The summed E-state index contributed by atoms with van der Waals surface area (Å²) in [7, 11) is 0. The molecule has 2 heterocycles. The van der Waals surface area contributed by atoms with E-state index in [1.54, 1.807) is 22.4 Å². The summed E-state index contributed by atoms with van der Waals surface area (Å²) in [5.74, 6) is -1.29. The molecule has 0 spiro atoms. The van der Waals surface area contributed by atoms with Gasteiger partial charge in [-0.15, -0.1) is 11.3 Å². The van der Waals surface area contributed by atoms with Gasteiger partial charge in [-0.05, 0) is 35.6 Å². The van der Waals surface area contributed by atoms with E-state index in [1.807, 2.05) is 24.3 Å². The van der Waals surface area contributed by atoms with E-state index in [0.717, 1.165) is 12.1 Å². The van der Waals surface area contributed by atoms with Crippen LogP contribution in [0, 0.1) is 5.92 Å². The van der Waals surface area contributed by atoms with Gasteiger partial charge in [0.05, 0.1) is 10.8 Å². The van der Waals surface area contributed by atoms with Gasteiger partial charge in [0.2, 0.25) is 11.8 Å². The number of nitrogens with zero attached hydrogens (tertiary/aromatic N) is 1. The normalized spacial score (nSPS) is 16.8. The molecule has 2 aromatic rings. The topological polar surface area (TPSA) is 78.5 Å². The van der Waals surface area contributed by atoms with Gasteiger partial charge in [0.25, 0.3) is 5.91 Å². The van der Waals surface area contributed by atoms with Crippen LogP contribution in [0.15, 0.2) is 41.8 Å². The number of hydrogen-bond donors (Lipinski definition) is 2. The van der Waals surface area contributed by atoms with Crippen molar-refractivity contribution in [3.05, 3.63) is 52.2 Å². The predicted octanol–water partition coefficient (Wildman–Crippen LogP) is 2.12. The van der Waals surface area contributed by atoms with E-state index in [-0.39, 0.29) is 24.1 Å². The molecule has 1 aromatic heterocycles. The first-order chi connectivity index (χ1) is 12.1. The van der Waals surface area contributed by atoms with Crippen molar-refractivity contribution in [2.24, 2.45) is 5.92 Å². The lowest BCUT2D eigenvalue weighted by Gasteiger charge is -2.17. The van der Waals surface area contributed by atoms with Gasteiger partial charge in [0, 0.05) is 18.7 Å². The molecule has 1 saturated heterocycles. The Morgan fingerprint density at radius 1 is 1.20 bits per heavy atom. The Bertz CT molecular complexity index is 771. The molecule has 25 heavy (non-hydrogen) atoms. The highest BCUT2D eigenvalue weighted by molar-refractivity contribution is 7.12. The van der Waals surface area contributed by atoms with Crippen LogP contribution in [0.5, 0.6) is 0 Å².